The molecule has 1 aromatic rings. The molecule has 0 spiro atoms. The number of Topliss-reactive ketones (excluding diaryl/α,β-unsaturated/α-hetero) is 1. The van der Waals surface area contributed by atoms with E-state index in [1.165, 1.54) is 24.8 Å². The first kappa shape index (κ1) is 16.0. The van der Waals surface area contributed by atoms with Crippen LogP contribution in [-0.2, 0) is 4.79 Å². The zero-order valence-corrected chi connectivity index (χ0v) is 14.2. The second-order valence-corrected chi connectivity index (χ2v) is 8.34. The van der Waals surface area contributed by atoms with Gasteiger partial charge in [-0.1, -0.05) is 37.3 Å². The molecule has 22 heavy (non-hydrogen) atoms. The summed E-state index contributed by atoms with van der Waals surface area (Å²) in [6.07, 6.45) is 5.05. The molecule has 2 fully saturated rings. The maximum absolute atomic E-state index is 12.0. The van der Waals surface area contributed by atoms with Crippen molar-refractivity contribution in [2.45, 2.75) is 68.3 Å². The third-order valence-electron chi connectivity index (χ3n) is 4.82. The summed E-state index contributed by atoms with van der Waals surface area (Å²) in [5, 5.41) is 8.69. The van der Waals surface area contributed by atoms with Gasteiger partial charge in [0.2, 0.25) is 0 Å². The van der Waals surface area contributed by atoms with Crippen molar-refractivity contribution in [3.05, 3.63) is 35.9 Å². The summed E-state index contributed by atoms with van der Waals surface area (Å²) in [6, 6.07) is 10.5. The highest BCUT2D eigenvalue weighted by Crippen LogP contribution is 2.36. The van der Waals surface area contributed by atoms with Gasteiger partial charge >= 0.3 is 0 Å². The molecule has 3 nitrogen and oxygen atoms in total. The van der Waals surface area contributed by atoms with Gasteiger partial charge in [-0.15, -0.1) is 0 Å². The van der Waals surface area contributed by atoms with E-state index in [-0.39, 0.29) is 24.0 Å². The van der Waals surface area contributed by atoms with Crippen LogP contribution < -0.4 is 10.6 Å². The molecule has 0 aromatic heterocycles. The van der Waals surface area contributed by atoms with Crippen LogP contribution in [0.2, 0.25) is 0 Å². The maximum atomic E-state index is 12.0. The largest absolute Gasteiger partial charge is 0.298 e. The number of nitrogens with one attached hydrogen (secondary N) is 2. The van der Waals surface area contributed by atoms with Crippen molar-refractivity contribution in [1.29, 1.82) is 0 Å². The van der Waals surface area contributed by atoms with Crippen molar-refractivity contribution in [3.8, 4) is 0 Å². The van der Waals surface area contributed by atoms with Crippen molar-refractivity contribution in [2.24, 2.45) is 0 Å². The molecule has 5 unspecified atom stereocenters. The summed E-state index contributed by atoms with van der Waals surface area (Å²) in [7, 11) is 0. The molecule has 0 saturated carbocycles. The minimum absolute atomic E-state index is 0.0611. The Morgan fingerprint density at radius 3 is 2.59 bits per heavy atom. The van der Waals surface area contributed by atoms with E-state index < -0.39 is 0 Å². The molecule has 4 heteroatoms. The molecule has 0 radical (unpaired) electrons. The Hall–Kier alpha value is -0.840. The second-order valence-electron chi connectivity index (χ2n) is 6.60. The van der Waals surface area contributed by atoms with Crippen LogP contribution in [0.15, 0.2) is 30.3 Å². The van der Waals surface area contributed by atoms with Gasteiger partial charge in [0.25, 0.3) is 0 Å². The molecule has 5 atom stereocenters. The average molecular weight is 318 g/mol. The normalized spacial score (nSPS) is 34.9. The third kappa shape index (κ3) is 3.73. The van der Waals surface area contributed by atoms with E-state index in [4.69, 9.17) is 0 Å². The quantitative estimate of drug-likeness (QED) is 0.874. The summed E-state index contributed by atoms with van der Waals surface area (Å²) in [5.41, 5.74) is 1.21. The van der Waals surface area contributed by atoms with Crippen LogP contribution in [0.5, 0.6) is 0 Å². The van der Waals surface area contributed by atoms with Crippen LogP contribution in [0.3, 0.4) is 0 Å². The highest BCUT2D eigenvalue weighted by molar-refractivity contribution is 8.00. The number of hydrogen-bond donors (Lipinski definition) is 2. The molecule has 120 valence electrons. The Kier molecular flexibility index (Phi) is 5.21. The summed E-state index contributed by atoms with van der Waals surface area (Å²) in [4.78, 5) is 12.0. The Morgan fingerprint density at radius 2 is 1.95 bits per heavy atom. The van der Waals surface area contributed by atoms with Crippen LogP contribution in [0.1, 0.15) is 51.3 Å². The Balaban J connectivity index is 1.60. The van der Waals surface area contributed by atoms with Crippen molar-refractivity contribution in [3.63, 3.8) is 0 Å². The third-order valence-corrected chi connectivity index (χ3v) is 6.38. The molecular formula is C18H26N2OS. The SMILES string of the molecule is CC(=O)C1NC(c2ccccc2)NC1CCC1CCC(C)S1. The fraction of sp³-hybridized carbons (Fsp3) is 0.611. The van der Waals surface area contributed by atoms with Gasteiger partial charge < -0.3 is 0 Å². The van der Waals surface area contributed by atoms with E-state index in [0.29, 0.717) is 0 Å². The van der Waals surface area contributed by atoms with Crippen LogP contribution in [-0.4, -0.2) is 28.4 Å². The van der Waals surface area contributed by atoms with Crippen LogP contribution >= 0.6 is 11.8 Å². The van der Waals surface area contributed by atoms with E-state index in [2.05, 4.69) is 41.5 Å². The molecule has 2 aliphatic heterocycles. The molecule has 0 bridgehead atoms. The summed E-state index contributed by atoms with van der Waals surface area (Å²) >= 11 is 2.12. The highest BCUT2D eigenvalue weighted by atomic mass is 32.2. The van der Waals surface area contributed by atoms with E-state index in [1.807, 2.05) is 18.2 Å². The smallest absolute Gasteiger partial charge is 0.148 e. The lowest BCUT2D eigenvalue weighted by atomic mass is 9.99. The highest BCUT2D eigenvalue weighted by Gasteiger charge is 2.36. The lowest BCUT2D eigenvalue weighted by Crippen LogP contribution is -2.39. The molecule has 2 aliphatic rings. The Labute approximate surface area is 137 Å². The first-order valence-electron chi connectivity index (χ1n) is 8.36. The average Bonchev–Trinajstić information content (AvgIpc) is 3.12. The van der Waals surface area contributed by atoms with Crippen molar-refractivity contribution >= 4 is 17.5 Å². The van der Waals surface area contributed by atoms with Gasteiger partial charge in [-0.05, 0) is 38.2 Å². The van der Waals surface area contributed by atoms with Gasteiger partial charge in [0.1, 0.15) is 5.78 Å². The lowest BCUT2D eigenvalue weighted by molar-refractivity contribution is -0.119. The molecule has 0 amide bonds. The van der Waals surface area contributed by atoms with Gasteiger partial charge in [-0.2, -0.15) is 11.8 Å². The monoisotopic (exact) mass is 318 g/mol. The number of carbonyl (C=O) groups is 1. The standard InChI is InChI=1S/C18H26N2OS/c1-12-8-9-15(22-12)10-11-16-17(13(2)21)20-18(19-16)14-6-4-3-5-7-14/h3-7,12,15-20H,8-11H2,1-2H3. The van der Waals surface area contributed by atoms with E-state index in [1.54, 1.807) is 6.92 Å². The minimum atomic E-state index is -0.0611. The van der Waals surface area contributed by atoms with Gasteiger partial charge in [-0.3, -0.25) is 15.4 Å². The number of rotatable bonds is 5. The van der Waals surface area contributed by atoms with Crippen molar-refractivity contribution in [2.75, 3.05) is 0 Å². The van der Waals surface area contributed by atoms with Gasteiger partial charge in [0.05, 0.1) is 12.2 Å². The molecule has 2 saturated heterocycles. The van der Waals surface area contributed by atoms with Crippen molar-refractivity contribution < 1.29 is 4.79 Å². The minimum Gasteiger partial charge on any atom is -0.298 e. The zero-order valence-electron chi connectivity index (χ0n) is 13.4. The van der Waals surface area contributed by atoms with E-state index >= 15 is 0 Å². The molecule has 3 rings (SSSR count). The van der Waals surface area contributed by atoms with Crippen LogP contribution in [0, 0.1) is 0 Å². The van der Waals surface area contributed by atoms with Crippen molar-refractivity contribution in [1.82, 2.24) is 10.6 Å². The maximum Gasteiger partial charge on any atom is 0.148 e. The first-order chi connectivity index (χ1) is 10.6. The Morgan fingerprint density at radius 1 is 1.18 bits per heavy atom. The zero-order chi connectivity index (χ0) is 15.5. The second kappa shape index (κ2) is 7.16. The lowest BCUT2D eigenvalue weighted by Gasteiger charge is -2.18. The summed E-state index contributed by atoms with van der Waals surface area (Å²) in [6.45, 7) is 4.02. The topological polar surface area (TPSA) is 41.1 Å². The summed E-state index contributed by atoms with van der Waals surface area (Å²) < 4.78 is 0. The molecule has 2 heterocycles. The Bertz CT molecular complexity index is 507. The molecule has 2 N–H and O–H groups in total. The van der Waals surface area contributed by atoms with E-state index in [9.17, 15) is 4.79 Å². The number of ketones is 1. The molecule has 0 aliphatic carbocycles. The predicted octanol–water partition coefficient (Wildman–Crippen LogP) is 3.27. The fourth-order valence-electron chi connectivity index (χ4n) is 3.61. The van der Waals surface area contributed by atoms with Gasteiger partial charge in [0.15, 0.2) is 0 Å². The fourth-order valence-corrected chi connectivity index (χ4v) is 5.08. The van der Waals surface area contributed by atoms with Gasteiger partial charge in [0, 0.05) is 16.5 Å². The first-order valence-corrected chi connectivity index (χ1v) is 9.30. The number of carbonyl (C=O) groups excluding carboxylic acids is 1. The predicted molar refractivity (Wildman–Crippen MR) is 93.0 cm³/mol. The number of hydrogen-bond acceptors (Lipinski definition) is 4. The molecule has 1 aromatic carbocycles. The number of thioether (sulfide) groups is 1. The van der Waals surface area contributed by atoms with Crippen LogP contribution in [0.25, 0.3) is 0 Å². The van der Waals surface area contributed by atoms with E-state index in [0.717, 1.165) is 16.9 Å². The summed E-state index contributed by atoms with van der Waals surface area (Å²) in [5.74, 6) is 0.239. The van der Waals surface area contributed by atoms with Crippen LogP contribution in [0.4, 0.5) is 0 Å². The number of benzene rings is 1. The molecular weight excluding hydrogens is 292 g/mol. The van der Waals surface area contributed by atoms with Gasteiger partial charge in [-0.25, -0.2) is 0 Å².